The number of aryl methyl sites for hydroxylation is 2. The molecule has 0 fully saturated rings. The Morgan fingerprint density at radius 1 is 0.824 bits per heavy atom. The lowest BCUT2D eigenvalue weighted by atomic mass is 9.99. The van der Waals surface area contributed by atoms with Gasteiger partial charge in [0.25, 0.3) is 0 Å². The van der Waals surface area contributed by atoms with Gasteiger partial charge in [-0.15, -0.1) is 0 Å². The summed E-state index contributed by atoms with van der Waals surface area (Å²) in [5.41, 5.74) is 2.77. The molecule has 0 aromatic heterocycles. The maximum Gasteiger partial charge on any atom is 0.241 e. The number of hydrogen-bond donors (Lipinski definition) is 1. The van der Waals surface area contributed by atoms with Crippen molar-refractivity contribution in [3.8, 4) is 22.6 Å². The van der Waals surface area contributed by atoms with E-state index in [4.69, 9.17) is 19.3 Å². The molecule has 0 saturated heterocycles. The molecule has 0 aliphatic carbocycles. The van der Waals surface area contributed by atoms with Gasteiger partial charge in [-0.25, -0.2) is 22.0 Å². The van der Waals surface area contributed by atoms with Gasteiger partial charge in [-0.3, -0.25) is 0 Å². The predicted octanol–water partition coefficient (Wildman–Crippen LogP) is 3.18. The smallest absolute Gasteiger partial charge is 0.241 e. The number of hydrogen-bond acceptors (Lipinski definition) is 7. The fraction of sp³-hybridized carbons (Fsp3) is 0.250. The van der Waals surface area contributed by atoms with E-state index in [1.54, 1.807) is 42.5 Å². The van der Waals surface area contributed by atoms with Crippen LogP contribution in [0.25, 0.3) is 11.1 Å². The third kappa shape index (κ3) is 5.95. The number of rotatable bonds is 10. The van der Waals surface area contributed by atoms with Crippen molar-refractivity contribution in [3.05, 3.63) is 71.8 Å². The normalized spacial score (nSPS) is 11.9. The van der Waals surface area contributed by atoms with E-state index in [0.29, 0.717) is 35.3 Å². The van der Waals surface area contributed by atoms with Gasteiger partial charge in [0.15, 0.2) is 16.6 Å². The average molecular weight is 506 g/mol. The Kier molecular flexibility index (Phi) is 7.98. The van der Waals surface area contributed by atoms with Crippen LogP contribution in [0.15, 0.2) is 70.5 Å². The largest absolute Gasteiger partial charge is 0.495 e. The molecule has 34 heavy (non-hydrogen) atoms. The average Bonchev–Trinajstić information content (AvgIpc) is 2.80. The molecule has 0 unspecified atom stereocenters. The first-order valence-corrected chi connectivity index (χ1v) is 13.7. The number of sulfonamides is 1. The Morgan fingerprint density at radius 2 is 1.50 bits per heavy atom. The van der Waals surface area contributed by atoms with Gasteiger partial charge in [-0.1, -0.05) is 42.5 Å². The van der Waals surface area contributed by atoms with Gasteiger partial charge >= 0.3 is 0 Å². The van der Waals surface area contributed by atoms with Crippen LogP contribution in [0.1, 0.15) is 11.1 Å². The van der Waals surface area contributed by atoms with Crippen LogP contribution in [0.4, 0.5) is 0 Å². The summed E-state index contributed by atoms with van der Waals surface area (Å²) in [6.07, 6.45) is 2.12. The Balaban J connectivity index is 1.99. The maximum absolute atomic E-state index is 12.3. The number of benzene rings is 3. The number of methoxy groups -OCH3 is 2. The molecular formula is C24H27NO7S2. The number of sulfone groups is 1. The van der Waals surface area contributed by atoms with Crippen molar-refractivity contribution < 1.29 is 31.0 Å². The molecule has 0 heterocycles. The van der Waals surface area contributed by atoms with Crippen LogP contribution in [0, 0.1) is 0 Å². The highest BCUT2D eigenvalue weighted by molar-refractivity contribution is 7.90. The zero-order valence-corrected chi connectivity index (χ0v) is 20.8. The van der Waals surface area contributed by atoms with Crippen LogP contribution in [-0.2, 0) is 37.4 Å². The van der Waals surface area contributed by atoms with E-state index in [0.717, 1.165) is 5.56 Å². The van der Waals surface area contributed by atoms with E-state index in [1.807, 2.05) is 12.1 Å². The molecule has 0 aliphatic heterocycles. The van der Waals surface area contributed by atoms with Crippen LogP contribution in [-0.4, -0.2) is 44.1 Å². The predicted molar refractivity (Wildman–Crippen MR) is 129 cm³/mol. The summed E-state index contributed by atoms with van der Waals surface area (Å²) in [7, 11) is -4.47. The van der Waals surface area contributed by atoms with E-state index in [1.165, 1.54) is 26.5 Å². The summed E-state index contributed by atoms with van der Waals surface area (Å²) in [5.74, 6) is 0.743. The molecule has 0 bridgehead atoms. The van der Waals surface area contributed by atoms with Crippen LogP contribution < -0.4 is 14.6 Å². The Labute approximate surface area is 200 Å². The number of para-hydroxylation sites is 1. The monoisotopic (exact) mass is 505 g/mol. The van der Waals surface area contributed by atoms with Gasteiger partial charge in [0.1, 0.15) is 16.4 Å². The summed E-state index contributed by atoms with van der Waals surface area (Å²) in [5, 5.41) is 5.32. The summed E-state index contributed by atoms with van der Waals surface area (Å²) < 4.78 is 64.5. The minimum Gasteiger partial charge on any atom is -0.495 e. The lowest BCUT2D eigenvalue weighted by Gasteiger charge is -2.16. The zero-order valence-electron chi connectivity index (χ0n) is 19.1. The number of nitrogens with two attached hydrogens (primary N) is 1. The molecule has 8 nitrogen and oxygen atoms in total. The Bertz CT molecular complexity index is 1380. The Hall–Kier alpha value is -2.92. The molecule has 2 N–H and O–H groups in total. The molecule has 0 aliphatic rings. The van der Waals surface area contributed by atoms with Crippen LogP contribution in [0.3, 0.4) is 0 Å². The first kappa shape index (κ1) is 25.7. The standard InChI is InChI=1S/C24H27NO7S2/c1-30-16-32-21-15-19(20-8-4-5-9-22(20)33(3,26)27)14-12-17(21)11-13-18-7-6-10-23(24(18)31-2)34(25,28)29/h4-10,12,14-15H,11,13,16H2,1-3H3,(H2,25,28,29). The third-order valence-corrected chi connectivity index (χ3v) is 7.32. The minimum absolute atomic E-state index is 0.00833. The molecule has 0 saturated carbocycles. The fourth-order valence-corrected chi connectivity index (χ4v) is 5.35. The fourth-order valence-electron chi connectivity index (χ4n) is 3.70. The van der Waals surface area contributed by atoms with Crippen molar-refractivity contribution in [3.63, 3.8) is 0 Å². The van der Waals surface area contributed by atoms with Gasteiger partial charge in [0.05, 0.1) is 12.0 Å². The summed E-state index contributed by atoms with van der Waals surface area (Å²) >= 11 is 0. The molecule has 0 spiro atoms. The second kappa shape index (κ2) is 10.6. The molecule has 10 heteroatoms. The second-order valence-electron chi connectivity index (χ2n) is 7.64. The van der Waals surface area contributed by atoms with Gasteiger partial charge in [0.2, 0.25) is 10.0 Å². The number of primary sulfonamides is 1. The molecule has 182 valence electrons. The quantitative estimate of drug-likeness (QED) is 0.420. The summed E-state index contributed by atoms with van der Waals surface area (Å²) in [4.78, 5) is 0.154. The third-order valence-electron chi connectivity index (χ3n) is 5.23. The van der Waals surface area contributed by atoms with E-state index < -0.39 is 19.9 Å². The zero-order chi connectivity index (χ0) is 24.9. The highest BCUT2D eigenvalue weighted by Crippen LogP contribution is 2.33. The second-order valence-corrected chi connectivity index (χ2v) is 11.1. The van der Waals surface area contributed by atoms with Crippen molar-refractivity contribution in [2.24, 2.45) is 5.14 Å². The molecule has 3 aromatic rings. The number of ether oxygens (including phenoxy) is 3. The Morgan fingerprint density at radius 3 is 2.15 bits per heavy atom. The molecular weight excluding hydrogens is 478 g/mol. The van der Waals surface area contributed by atoms with Crippen LogP contribution in [0.2, 0.25) is 0 Å². The summed E-state index contributed by atoms with van der Waals surface area (Å²) in [6, 6.07) is 17.0. The van der Waals surface area contributed by atoms with Gasteiger partial charge < -0.3 is 14.2 Å². The molecule has 3 aromatic carbocycles. The lowest BCUT2D eigenvalue weighted by molar-refractivity contribution is 0.0504. The highest BCUT2D eigenvalue weighted by atomic mass is 32.2. The minimum atomic E-state index is -3.94. The van der Waals surface area contributed by atoms with E-state index >= 15 is 0 Å². The van der Waals surface area contributed by atoms with E-state index in [2.05, 4.69) is 0 Å². The van der Waals surface area contributed by atoms with Crippen molar-refractivity contribution >= 4 is 19.9 Å². The maximum atomic E-state index is 12.3. The van der Waals surface area contributed by atoms with Gasteiger partial charge in [-0.05, 0) is 47.7 Å². The van der Waals surface area contributed by atoms with Crippen molar-refractivity contribution in [2.45, 2.75) is 22.6 Å². The van der Waals surface area contributed by atoms with E-state index in [-0.39, 0.29) is 22.3 Å². The molecule has 0 atom stereocenters. The molecule has 3 rings (SSSR count). The topological polar surface area (TPSA) is 122 Å². The first-order chi connectivity index (χ1) is 16.1. The van der Waals surface area contributed by atoms with Gasteiger partial charge in [0, 0.05) is 18.9 Å². The van der Waals surface area contributed by atoms with Crippen molar-refractivity contribution in [1.82, 2.24) is 0 Å². The van der Waals surface area contributed by atoms with Crippen LogP contribution >= 0.6 is 0 Å². The summed E-state index contributed by atoms with van der Waals surface area (Å²) in [6.45, 7) is 0.00833. The van der Waals surface area contributed by atoms with Crippen molar-refractivity contribution in [1.29, 1.82) is 0 Å². The van der Waals surface area contributed by atoms with Gasteiger partial charge in [-0.2, -0.15) is 0 Å². The first-order valence-electron chi connectivity index (χ1n) is 10.3. The molecule has 0 amide bonds. The van der Waals surface area contributed by atoms with E-state index in [9.17, 15) is 16.8 Å². The highest BCUT2D eigenvalue weighted by Gasteiger charge is 2.19. The lowest BCUT2D eigenvalue weighted by Crippen LogP contribution is -2.14. The van der Waals surface area contributed by atoms with Crippen molar-refractivity contribution in [2.75, 3.05) is 27.3 Å². The SMILES string of the molecule is COCOc1cc(-c2ccccc2S(C)(=O)=O)ccc1CCc1cccc(S(N)(=O)=O)c1OC. The molecule has 0 radical (unpaired) electrons. The van der Waals surface area contributed by atoms with Crippen LogP contribution in [0.5, 0.6) is 11.5 Å².